The number of benzene rings is 2. The van der Waals surface area contributed by atoms with Gasteiger partial charge in [0, 0.05) is 44.6 Å². The molecule has 27 heavy (non-hydrogen) atoms. The Labute approximate surface area is 159 Å². The van der Waals surface area contributed by atoms with E-state index in [9.17, 15) is 14.0 Å². The summed E-state index contributed by atoms with van der Waals surface area (Å²) < 4.78 is 12.9. The number of ketones is 1. The molecule has 1 aliphatic heterocycles. The van der Waals surface area contributed by atoms with Crippen molar-refractivity contribution in [2.45, 2.75) is 31.8 Å². The van der Waals surface area contributed by atoms with Gasteiger partial charge in [0.15, 0.2) is 5.78 Å². The highest BCUT2D eigenvalue weighted by Gasteiger charge is 2.25. The standard InChI is InChI=1S/C22H25FN2O2/c1-24-14-18-6-4-3-5-17(18)13-20(24)15-25(2)22(27)12-11-21(26)16-7-9-19(23)10-8-16/h3-10,20H,11-15H2,1-2H3/t20-/m1/s1. The van der Waals surface area contributed by atoms with Gasteiger partial charge in [-0.2, -0.15) is 0 Å². The topological polar surface area (TPSA) is 40.6 Å². The second kappa shape index (κ2) is 8.44. The third-order valence-corrected chi connectivity index (χ3v) is 5.26. The number of hydrogen-bond donors (Lipinski definition) is 0. The van der Waals surface area contributed by atoms with E-state index in [1.807, 2.05) is 0 Å². The van der Waals surface area contributed by atoms with E-state index in [0.29, 0.717) is 12.1 Å². The third kappa shape index (κ3) is 4.80. The van der Waals surface area contributed by atoms with Crippen molar-refractivity contribution in [1.82, 2.24) is 9.80 Å². The molecule has 0 spiro atoms. The molecule has 1 atom stereocenters. The lowest BCUT2D eigenvalue weighted by Gasteiger charge is -2.36. The van der Waals surface area contributed by atoms with Crippen LogP contribution in [0, 0.1) is 5.82 Å². The summed E-state index contributed by atoms with van der Waals surface area (Å²) in [6.45, 7) is 1.51. The second-order valence-electron chi connectivity index (χ2n) is 7.25. The Hall–Kier alpha value is -2.53. The zero-order valence-corrected chi connectivity index (χ0v) is 15.8. The van der Waals surface area contributed by atoms with Crippen molar-refractivity contribution < 1.29 is 14.0 Å². The zero-order valence-electron chi connectivity index (χ0n) is 15.8. The molecule has 5 heteroatoms. The number of carbonyl (C=O) groups is 2. The minimum absolute atomic E-state index is 0.0438. The number of amides is 1. The minimum Gasteiger partial charge on any atom is -0.344 e. The maximum atomic E-state index is 12.9. The average Bonchev–Trinajstić information content (AvgIpc) is 2.66. The molecule has 1 heterocycles. The van der Waals surface area contributed by atoms with Gasteiger partial charge in [-0.05, 0) is 48.9 Å². The number of likely N-dealkylation sites (N-methyl/N-ethyl adjacent to an activating group) is 2. The Morgan fingerprint density at radius 1 is 1.07 bits per heavy atom. The number of carbonyl (C=O) groups excluding carboxylic acids is 2. The normalized spacial score (nSPS) is 16.6. The lowest BCUT2D eigenvalue weighted by atomic mass is 9.94. The fourth-order valence-corrected chi connectivity index (χ4v) is 3.53. The zero-order chi connectivity index (χ0) is 19.4. The van der Waals surface area contributed by atoms with Crippen LogP contribution in [0.1, 0.15) is 34.3 Å². The quantitative estimate of drug-likeness (QED) is 0.735. The second-order valence-corrected chi connectivity index (χ2v) is 7.25. The highest BCUT2D eigenvalue weighted by Crippen LogP contribution is 2.22. The SMILES string of the molecule is CN(C[C@H]1Cc2ccccc2CN1C)C(=O)CCC(=O)c1ccc(F)cc1. The molecule has 0 unspecified atom stereocenters. The summed E-state index contributed by atoms with van der Waals surface area (Å²) in [4.78, 5) is 28.6. The van der Waals surface area contributed by atoms with Gasteiger partial charge in [0.05, 0.1) is 0 Å². The summed E-state index contributed by atoms with van der Waals surface area (Å²) in [5, 5.41) is 0. The van der Waals surface area contributed by atoms with Crippen LogP contribution in [0.5, 0.6) is 0 Å². The summed E-state index contributed by atoms with van der Waals surface area (Å²) in [5.41, 5.74) is 3.12. The monoisotopic (exact) mass is 368 g/mol. The Kier molecular flexibility index (Phi) is 6.01. The van der Waals surface area contributed by atoms with Gasteiger partial charge in [-0.1, -0.05) is 24.3 Å². The molecule has 2 aromatic rings. The van der Waals surface area contributed by atoms with E-state index in [4.69, 9.17) is 0 Å². The minimum atomic E-state index is -0.375. The average molecular weight is 368 g/mol. The van der Waals surface area contributed by atoms with Crippen LogP contribution in [0.3, 0.4) is 0 Å². The van der Waals surface area contributed by atoms with Gasteiger partial charge in [-0.25, -0.2) is 4.39 Å². The lowest BCUT2D eigenvalue weighted by Crippen LogP contribution is -2.46. The Bertz CT molecular complexity index is 819. The smallest absolute Gasteiger partial charge is 0.222 e. The van der Waals surface area contributed by atoms with Crippen LogP contribution in [0.15, 0.2) is 48.5 Å². The van der Waals surface area contributed by atoms with Crippen LogP contribution in [-0.4, -0.2) is 48.2 Å². The summed E-state index contributed by atoms with van der Waals surface area (Å²) in [6, 6.07) is 14.1. The van der Waals surface area contributed by atoms with E-state index < -0.39 is 0 Å². The molecule has 0 radical (unpaired) electrons. The van der Waals surface area contributed by atoms with Crippen LogP contribution in [0.2, 0.25) is 0 Å². The molecule has 0 aliphatic carbocycles. The number of Topliss-reactive ketones (excluding diaryl/α,β-unsaturated/α-hetero) is 1. The van der Waals surface area contributed by atoms with E-state index in [1.165, 1.54) is 35.4 Å². The van der Waals surface area contributed by atoms with E-state index in [-0.39, 0.29) is 36.4 Å². The van der Waals surface area contributed by atoms with Gasteiger partial charge in [0.25, 0.3) is 0 Å². The highest BCUT2D eigenvalue weighted by molar-refractivity contribution is 5.97. The van der Waals surface area contributed by atoms with Crippen molar-refractivity contribution in [1.29, 1.82) is 0 Å². The van der Waals surface area contributed by atoms with Crippen molar-refractivity contribution >= 4 is 11.7 Å². The maximum Gasteiger partial charge on any atom is 0.222 e. The predicted octanol–water partition coefficient (Wildman–Crippen LogP) is 3.30. The van der Waals surface area contributed by atoms with E-state index in [0.717, 1.165) is 13.0 Å². The van der Waals surface area contributed by atoms with Gasteiger partial charge in [0.1, 0.15) is 5.82 Å². The first-order valence-corrected chi connectivity index (χ1v) is 9.24. The molecule has 0 saturated heterocycles. The molecule has 0 bridgehead atoms. The van der Waals surface area contributed by atoms with Crippen LogP contribution < -0.4 is 0 Å². The van der Waals surface area contributed by atoms with Crippen molar-refractivity contribution in [2.24, 2.45) is 0 Å². The number of nitrogens with zero attached hydrogens (tertiary/aromatic N) is 2. The van der Waals surface area contributed by atoms with Gasteiger partial charge < -0.3 is 4.90 Å². The molecule has 4 nitrogen and oxygen atoms in total. The van der Waals surface area contributed by atoms with Crippen LogP contribution in [0.25, 0.3) is 0 Å². The molecular weight excluding hydrogens is 343 g/mol. The van der Waals surface area contributed by atoms with Crippen molar-refractivity contribution in [3.05, 3.63) is 71.0 Å². The van der Waals surface area contributed by atoms with Crippen molar-refractivity contribution in [3.63, 3.8) is 0 Å². The summed E-state index contributed by atoms with van der Waals surface area (Å²) >= 11 is 0. The van der Waals surface area contributed by atoms with Crippen LogP contribution >= 0.6 is 0 Å². The van der Waals surface area contributed by atoms with Crippen molar-refractivity contribution in [3.8, 4) is 0 Å². The largest absolute Gasteiger partial charge is 0.344 e. The molecule has 2 aromatic carbocycles. The molecule has 3 rings (SSSR count). The highest BCUT2D eigenvalue weighted by atomic mass is 19.1. The summed E-state index contributed by atoms with van der Waals surface area (Å²) in [7, 11) is 3.87. The summed E-state index contributed by atoms with van der Waals surface area (Å²) in [5.74, 6) is -0.557. The van der Waals surface area contributed by atoms with Gasteiger partial charge in [-0.3, -0.25) is 14.5 Å². The van der Waals surface area contributed by atoms with Gasteiger partial charge in [0.2, 0.25) is 5.91 Å². The fraction of sp³-hybridized carbons (Fsp3) is 0.364. The molecule has 1 aliphatic rings. The first kappa shape index (κ1) is 19.2. The number of fused-ring (bicyclic) bond motifs is 1. The Morgan fingerprint density at radius 3 is 2.44 bits per heavy atom. The fourth-order valence-electron chi connectivity index (χ4n) is 3.53. The maximum absolute atomic E-state index is 12.9. The van der Waals surface area contributed by atoms with Crippen LogP contribution in [-0.2, 0) is 17.8 Å². The molecule has 1 amide bonds. The number of halogens is 1. The first-order chi connectivity index (χ1) is 12.9. The lowest BCUT2D eigenvalue weighted by molar-refractivity contribution is -0.130. The molecule has 0 fully saturated rings. The summed E-state index contributed by atoms with van der Waals surface area (Å²) in [6.07, 6.45) is 1.22. The van der Waals surface area contributed by atoms with Crippen LogP contribution in [0.4, 0.5) is 4.39 Å². The number of hydrogen-bond acceptors (Lipinski definition) is 3. The molecule has 0 saturated carbocycles. The molecule has 0 aromatic heterocycles. The Morgan fingerprint density at radius 2 is 1.74 bits per heavy atom. The number of rotatable bonds is 6. The third-order valence-electron chi connectivity index (χ3n) is 5.26. The molecule has 142 valence electrons. The van der Waals surface area contributed by atoms with E-state index in [2.05, 4.69) is 36.2 Å². The molecule has 0 N–H and O–H groups in total. The van der Waals surface area contributed by atoms with E-state index in [1.54, 1.807) is 11.9 Å². The van der Waals surface area contributed by atoms with Crippen molar-refractivity contribution in [2.75, 3.05) is 20.6 Å². The first-order valence-electron chi connectivity index (χ1n) is 9.24. The predicted molar refractivity (Wildman–Crippen MR) is 103 cm³/mol. The van der Waals surface area contributed by atoms with Gasteiger partial charge >= 0.3 is 0 Å². The molecular formula is C22H25FN2O2. The van der Waals surface area contributed by atoms with Gasteiger partial charge in [-0.15, -0.1) is 0 Å². The van der Waals surface area contributed by atoms with E-state index >= 15 is 0 Å². The Balaban J connectivity index is 1.52.